The van der Waals surface area contributed by atoms with Gasteiger partial charge in [0.05, 0.1) is 12.1 Å². The fourth-order valence-corrected chi connectivity index (χ4v) is 3.64. The molecule has 0 bridgehead atoms. The van der Waals surface area contributed by atoms with Gasteiger partial charge < -0.3 is 0 Å². The molecule has 0 aromatic heterocycles. The van der Waals surface area contributed by atoms with Gasteiger partial charge >= 0.3 is 0 Å². The first-order valence-corrected chi connectivity index (χ1v) is 8.52. The average Bonchev–Trinajstić information content (AvgIpc) is 2.54. The molecule has 2 aromatic carbocycles. The van der Waals surface area contributed by atoms with Crippen molar-refractivity contribution < 1.29 is 0 Å². The zero-order valence-corrected chi connectivity index (χ0v) is 14.1. The van der Waals surface area contributed by atoms with Crippen molar-refractivity contribution in [3.8, 4) is 0 Å². The van der Waals surface area contributed by atoms with Crippen molar-refractivity contribution >= 4 is 24.8 Å². The molecule has 0 amide bonds. The molecule has 0 saturated carbocycles. The van der Waals surface area contributed by atoms with E-state index in [0.717, 1.165) is 5.75 Å². The largest absolute Gasteiger partial charge is 0.257 e. The molecule has 0 fully saturated rings. The maximum atomic E-state index is 4.39. The molecule has 0 spiro atoms. The molecule has 1 N–H and O–H groups in total. The second-order valence-corrected chi connectivity index (χ2v) is 6.51. The van der Waals surface area contributed by atoms with Gasteiger partial charge in [-0.1, -0.05) is 92.4 Å². The number of hydrogen-bond acceptors (Lipinski definition) is 4. The fourth-order valence-electron chi connectivity index (χ4n) is 2.53. The van der Waals surface area contributed by atoms with E-state index < -0.39 is 0 Å². The molecule has 1 unspecified atom stereocenters. The quantitative estimate of drug-likeness (QED) is 0.577. The predicted octanol–water partition coefficient (Wildman–Crippen LogP) is 4.50. The summed E-state index contributed by atoms with van der Waals surface area (Å²) in [5.41, 5.74) is 2.53. The van der Waals surface area contributed by atoms with Crippen molar-refractivity contribution in [3.05, 3.63) is 71.8 Å². The van der Waals surface area contributed by atoms with Crippen molar-refractivity contribution in [2.24, 2.45) is 0 Å². The molecule has 0 aliphatic rings. The molecule has 0 radical (unpaired) electrons. The van der Waals surface area contributed by atoms with Gasteiger partial charge in [-0.3, -0.25) is 4.72 Å². The van der Waals surface area contributed by atoms with Crippen LogP contribution in [0.5, 0.6) is 0 Å². The highest BCUT2D eigenvalue weighted by atomic mass is 32.2. The van der Waals surface area contributed by atoms with Crippen LogP contribution in [-0.2, 0) is 0 Å². The molecule has 21 heavy (non-hydrogen) atoms. The Labute approximate surface area is 137 Å². The van der Waals surface area contributed by atoms with Crippen LogP contribution in [0.25, 0.3) is 0 Å². The van der Waals surface area contributed by atoms with E-state index in [0.29, 0.717) is 0 Å². The standard InChI is InChI=1S/C17H22N2S2/c1-3-21-19(2)17(15-12-8-5-9-13-15)16(18-20)14-10-6-4-7-11-14/h4-13,16-18,20H,3H2,1-2H3/t16?,17-/m1/s1. The summed E-state index contributed by atoms with van der Waals surface area (Å²) in [4.78, 5) is 0. The molecular formula is C17H22N2S2. The number of rotatable bonds is 7. The van der Waals surface area contributed by atoms with Gasteiger partial charge in [0.1, 0.15) is 0 Å². The minimum absolute atomic E-state index is 0.126. The van der Waals surface area contributed by atoms with Crippen molar-refractivity contribution in [2.75, 3.05) is 12.8 Å². The van der Waals surface area contributed by atoms with Crippen molar-refractivity contribution in [2.45, 2.75) is 19.0 Å². The van der Waals surface area contributed by atoms with Gasteiger partial charge in [0.2, 0.25) is 0 Å². The lowest BCUT2D eigenvalue weighted by Gasteiger charge is -2.34. The van der Waals surface area contributed by atoms with Crippen LogP contribution in [0, 0.1) is 0 Å². The lowest BCUT2D eigenvalue weighted by Crippen LogP contribution is -2.30. The van der Waals surface area contributed by atoms with Crippen LogP contribution in [0.2, 0.25) is 0 Å². The zero-order valence-electron chi connectivity index (χ0n) is 12.4. The van der Waals surface area contributed by atoms with Gasteiger partial charge in [0.15, 0.2) is 0 Å². The minimum atomic E-state index is 0.126. The molecule has 0 heterocycles. The van der Waals surface area contributed by atoms with E-state index in [2.05, 4.69) is 90.4 Å². The molecule has 4 heteroatoms. The molecule has 2 atom stereocenters. The number of nitrogens with one attached hydrogen (secondary N) is 1. The summed E-state index contributed by atoms with van der Waals surface area (Å²) in [6.07, 6.45) is 0. The fraction of sp³-hybridized carbons (Fsp3) is 0.294. The topological polar surface area (TPSA) is 15.3 Å². The first kappa shape index (κ1) is 16.4. The van der Waals surface area contributed by atoms with Crippen molar-refractivity contribution in [3.63, 3.8) is 0 Å². The number of thiol groups is 1. The number of hydrogen-bond donors (Lipinski definition) is 2. The Morgan fingerprint density at radius 3 is 2.00 bits per heavy atom. The van der Waals surface area contributed by atoms with Gasteiger partial charge in [0.25, 0.3) is 0 Å². The summed E-state index contributed by atoms with van der Waals surface area (Å²) < 4.78 is 5.51. The molecule has 112 valence electrons. The van der Waals surface area contributed by atoms with Crippen molar-refractivity contribution in [1.29, 1.82) is 0 Å². The van der Waals surface area contributed by atoms with Crippen LogP contribution in [0.1, 0.15) is 30.1 Å². The van der Waals surface area contributed by atoms with E-state index >= 15 is 0 Å². The molecule has 0 saturated heterocycles. The SMILES string of the molecule is CCSN(C)[C@H](c1ccccc1)C(NS)c1ccccc1. The highest BCUT2D eigenvalue weighted by Crippen LogP contribution is 2.36. The van der Waals surface area contributed by atoms with Crippen molar-refractivity contribution in [1.82, 2.24) is 9.03 Å². The Bertz CT molecular complexity index is 519. The zero-order chi connectivity index (χ0) is 15.1. The highest BCUT2D eigenvalue weighted by molar-refractivity contribution is 7.96. The van der Waals surface area contributed by atoms with E-state index in [4.69, 9.17) is 0 Å². The van der Waals surface area contributed by atoms with Crippen LogP contribution >= 0.6 is 24.8 Å². The third-order valence-corrected chi connectivity index (χ3v) is 4.65. The highest BCUT2D eigenvalue weighted by Gasteiger charge is 2.27. The Balaban J connectivity index is 2.38. The Morgan fingerprint density at radius 2 is 1.52 bits per heavy atom. The maximum Gasteiger partial charge on any atom is 0.0652 e. The summed E-state index contributed by atoms with van der Waals surface area (Å²) in [7, 11) is 2.15. The first-order valence-electron chi connectivity index (χ1n) is 7.13. The minimum Gasteiger partial charge on any atom is -0.257 e. The van der Waals surface area contributed by atoms with Gasteiger partial charge in [-0.2, -0.15) is 0 Å². The summed E-state index contributed by atoms with van der Waals surface area (Å²) in [5, 5.41) is 0. The summed E-state index contributed by atoms with van der Waals surface area (Å²) >= 11 is 6.23. The summed E-state index contributed by atoms with van der Waals surface area (Å²) in [5.74, 6) is 1.05. The molecule has 2 rings (SSSR count). The molecule has 2 nitrogen and oxygen atoms in total. The second kappa shape index (κ2) is 8.49. The first-order chi connectivity index (χ1) is 10.3. The van der Waals surface area contributed by atoms with E-state index in [-0.39, 0.29) is 12.1 Å². The van der Waals surface area contributed by atoms with Crippen LogP contribution in [0.4, 0.5) is 0 Å². The predicted molar refractivity (Wildman–Crippen MR) is 96.4 cm³/mol. The molecule has 0 aliphatic carbocycles. The van der Waals surface area contributed by atoms with E-state index in [1.54, 1.807) is 0 Å². The van der Waals surface area contributed by atoms with Gasteiger partial charge in [-0.15, -0.1) is 0 Å². The Kier molecular flexibility index (Phi) is 6.64. The van der Waals surface area contributed by atoms with Crippen LogP contribution in [-0.4, -0.2) is 17.1 Å². The number of benzene rings is 2. The van der Waals surface area contributed by atoms with Crippen LogP contribution in [0.15, 0.2) is 60.7 Å². The van der Waals surface area contributed by atoms with E-state index in [1.165, 1.54) is 11.1 Å². The molecule has 2 aromatic rings. The van der Waals surface area contributed by atoms with E-state index in [9.17, 15) is 0 Å². The molecular weight excluding hydrogens is 296 g/mol. The van der Waals surface area contributed by atoms with Crippen LogP contribution < -0.4 is 4.72 Å². The summed E-state index contributed by atoms with van der Waals surface area (Å²) in [6, 6.07) is 21.4. The Morgan fingerprint density at radius 1 is 1.00 bits per heavy atom. The lowest BCUT2D eigenvalue weighted by atomic mass is 9.94. The average molecular weight is 319 g/mol. The van der Waals surface area contributed by atoms with Gasteiger partial charge in [-0.25, -0.2) is 4.31 Å². The third kappa shape index (κ3) is 4.27. The smallest absolute Gasteiger partial charge is 0.0652 e. The van der Waals surface area contributed by atoms with Gasteiger partial charge in [-0.05, 0) is 18.2 Å². The number of nitrogens with zero attached hydrogens (tertiary/aromatic N) is 1. The number of likely N-dealkylation sites (N-methyl/N-ethyl adjacent to an activating group) is 1. The van der Waals surface area contributed by atoms with Crippen LogP contribution in [0.3, 0.4) is 0 Å². The lowest BCUT2D eigenvalue weighted by molar-refractivity contribution is 0.347. The second-order valence-electron chi connectivity index (χ2n) is 4.84. The van der Waals surface area contributed by atoms with Gasteiger partial charge in [0, 0.05) is 5.75 Å². The summed E-state index contributed by atoms with van der Waals surface area (Å²) in [6.45, 7) is 2.18. The Hall–Kier alpha value is -0.940. The third-order valence-electron chi connectivity index (χ3n) is 3.48. The maximum absolute atomic E-state index is 4.39. The van der Waals surface area contributed by atoms with E-state index in [1.807, 2.05) is 18.0 Å². The normalized spacial score (nSPS) is 14.1. The molecule has 0 aliphatic heterocycles. The monoisotopic (exact) mass is 318 g/mol.